The van der Waals surface area contributed by atoms with Crippen LogP contribution in [0.5, 0.6) is 0 Å². The molecule has 6 nitrogen and oxygen atoms in total. The molecule has 0 bridgehead atoms. The Morgan fingerprint density at radius 1 is 1.11 bits per heavy atom. The smallest absolute Gasteiger partial charge is 0.398 e. The van der Waals surface area contributed by atoms with Crippen molar-refractivity contribution in [2.45, 2.75) is 6.18 Å². The van der Waals surface area contributed by atoms with Crippen LogP contribution in [0, 0.1) is 17.1 Å². The normalized spacial score (nSPS) is 12.2. The fourth-order valence-corrected chi connectivity index (χ4v) is 3.86. The number of amides is 1. The molecular weight excluding hydrogens is 486 g/mol. The first-order valence-corrected chi connectivity index (χ1v) is 10.9. The number of hydrogen-bond donors (Lipinski definition) is 3. The van der Waals surface area contributed by atoms with Crippen molar-refractivity contribution in [2.75, 3.05) is 12.4 Å². The van der Waals surface area contributed by atoms with Crippen molar-refractivity contribution in [1.82, 2.24) is 4.98 Å². The molecular formula is C27H19F4N5O. The lowest BCUT2D eigenvalue weighted by Crippen LogP contribution is -2.18. The highest BCUT2D eigenvalue weighted by Crippen LogP contribution is 2.38. The number of allylic oxidation sites excluding steroid dienone is 1. The van der Waals surface area contributed by atoms with Gasteiger partial charge < -0.3 is 16.0 Å². The van der Waals surface area contributed by atoms with Gasteiger partial charge in [-0.2, -0.15) is 18.4 Å². The topological polar surface area (TPSA) is 107 Å². The van der Waals surface area contributed by atoms with Crippen molar-refractivity contribution in [1.29, 1.82) is 5.26 Å². The Balaban J connectivity index is 1.87. The van der Waals surface area contributed by atoms with Crippen LogP contribution in [0.15, 0.2) is 71.7 Å². The van der Waals surface area contributed by atoms with Gasteiger partial charge in [0.15, 0.2) is 0 Å². The van der Waals surface area contributed by atoms with E-state index in [-0.39, 0.29) is 17.5 Å². The molecule has 0 spiro atoms. The first-order chi connectivity index (χ1) is 17.6. The molecule has 1 aromatic heterocycles. The van der Waals surface area contributed by atoms with Crippen molar-refractivity contribution in [3.05, 3.63) is 94.8 Å². The third-order valence-electron chi connectivity index (χ3n) is 5.60. The SMILES string of the molecule is CN=CC=C(N)c1cc(C(=O)Nc2c(-c3ccccc3)[nH]c3ccc(C#N)cc23)c(F)cc1C(F)(F)F. The minimum Gasteiger partial charge on any atom is -0.398 e. The van der Waals surface area contributed by atoms with Gasteiger partial charge in [-0.25, -0.2) is 4.39 Å². The molecule has 0 aliphatic rings. The molecule has 0 radical (unpaired) electrons. The molecule has 0 atom stereocenters. The molecule has 1 heterocycles. The van der Waals surface area contributed by atoms with E-state index in [2.05, 4.69) is 15.3 Å². The molecule has 37 heavy (non-hydrogen) atoms. The number of aromatic amines is 1. The van der Waals surface area contributed by atoms with Gasteiger partial charge in [0.25, 0.3) is 5.91 Å². The van der Waals surface area contributed by atoms with Crippen LogP contribution in [0.4, 0.5) is 23.2 Å². The number of benzene rings is 3. The number of aromatic nitrogens is 1. The molecule has 0 saturated heterocycles. The van der Waals surface area contributed by atoms with Gasteiger partial charge in [0, 0.05) is 41.0 Å². The Bertz CT molecular complexity index is 1600. The molecule has 4 rings (SSSR count). The summed E-state index contributed by atoms with van der Waals surface area (Å²) in [6, 6.07) is 16.8. The lowest BCUT2D eigenvalue weighted by molar-refractivity contribution is -0.138. The Morgan fingerprint density at radius 3 is 2.49 bits per heavy atom. The van der Waals surface area contributed by atoms with E-state index in [1.165, 1.54) is 13.3 Å². The Morgan fingerprint density at radius 2 is 1.84 bits per heavy atom. The van der Waals surface area contributed by atoms with Gasteiger partial charge in [0.2, 0.25) is 0 Å². The summed E-state index contributed by atoms with van der Waals surface area (Å²) < 4.78 is 55.8. The number of hydrogen-bond acceptors (Lipinski definition) is 4. The highest BCUT2D eigenvalue weighted by atomic mass is 19.4. The van der Waals surface area contributed by atoms with Crippen molar-refractivity contribution in [3.8, 4) is 17.3 Å². The number of carbonyl (C=O) groups excluding carboxylic acids is 1. The number of rotatable bonds is 5. The number of nitriles is 1. The van der Waals surface area contributed by atoms with Crippen molar-refractivity contribution in [3.63, 3.8) is 0 Å². The molecule has 1 amide bonds. The Hall–Kier alpha value is -4.91. The summed E-state index contributed by atoms with van der Waals surface area (Å²) in [5.41, 5.74) is 5.26. The number of fused-ring (bicyclic) bond motifs is 1. The second-order valence-electron chi connectivity index (χ2n) is 7.97. The zero-order valence-electron chi connectivity index (χ0n) is 19.3. The van der Waals surface area contributed by atoms with E-state index in [1.54, 1.807) is 48.5 Å². The Labute approximate surface area is 208 Å². The summed E-state index contributed by atoms with van der Waals surface area (Å²) in [6.07, 6.45) is -2.61. The molecule has 0 fully saturated rings. The number of anilines is 1. The van der Waals surface area contributed by atoms with Crippen LogP contribution < -0.4 is 11.1 Å². The summed E-state index contributed by atoms with van der Waals surface area (Å²) in [7, 11) is 1.40. The third kappa shape index (κ3) is 5.06. The second kappa shape index (κ2) is 9.99. The van der Waals surface area contributed by atoms with Gasteiger partial charge in [0.05, 0.1) is 34.1 Å². The van der Waals surface area contributed by atoms with E-state index in [4.69, 9.17) is 5.73 Å². The molecule has 0 aliphatic carbocycles. The minimum atomic E-state index is -4.92. The highest BCUT2D eigenvalue weighted by molar-refractivity contribution is 6.13. The summed E-state index contributed by atoms with van der Waals surface area (Å²) in [6.45, 7) is 0. The molecule has 186 valence electrons. The molecule has 0 aliphatic heterocycles. The maximum atomic E-state index is 14.9. The summed E-state index contributed by atoms with van der Waals surface area (Å²) in [4.78, 5) is 20.1. The van der Waals surface area contributed by atoms with E-state index >= 15 is 0 Å². The summed E-state index contributed by atoms with van der Waals surface area (Å²) in [5, 5.41) is 12.4. The van der Waals surface area contributed by atoms with Gasteiger partial charge in [-0.1, -0.05) is 30.3 Å². The van der Waals surface area contributed by atoms with Gasteiger partial charge in [0.1, 0.15) is 5.82 Å². The zero-order valence-corrected chi connectivity index (χ0v) is 19.3. The van der Waals surface area contributed by atoms with Crippen molar-refractivity contribution in [2.24, 2.45) is 10.7 Å². The van der Waals surface area contributed by atoms with Crippen LogP contribution in [-0.4, -0.2) is 24.2 Å². The van der Waals surface area contributed by atoms with Crippen molar-refractivity contribution < 1.29 is 22.4 Å². The van der Waals surface area contributed by atoms with Crippen LogP contribution in [0.2, 0.25) is 0 Å². The van der Waals surface area contributed by atoms with Crippen LogP contribution in [-0.2, 0) is 6.18 Å². The highest BCUT2D eigenvalue weighted by Gasteiger charge is 2.36. The third-order valence-corrected chi connectivity index (χ3v) is 5.60. The number of carbonyl (C=O) groups is 1. The van der Waals surface area contributed by atoms with Crippen LogP contribution in [0.25, 0.3) is 27.9 Å². The zero-order chi connectivity index (χ0) is 26.7. The maximum absolute atomic E-state index is 14.9. The van der Waals surface area contributed by atoms with Gasteiger partial charge in [-0.05, 0) is 36.4 Å². The lowest BCUT2D eigenvalue weighted by atomic mass is 9.99. The number of nitrogens with one attached hydrogen (secondary N) is 2. The van der Waals surface area contributed by atoms with Gasteiger partial charge in [-0.3, -0.25) is 9.79 Å². The standard InChI is InChI=1S/C27H19F4N5O/c1-34-10-9-22(33)17-12-18(21(28)13-20(17)27(29,30)31)26(37)36-25-19-11-15(14-32)7-8-23(19)35-24(25)16-5-3-2-4-6-16/h2-13,35H,33H2,1H3,(H,36,37). The summed E-state index contributed by atoms with van der Waals surface area (Å²) >= 11 is 0. The molecule has 4 N–H and O–H groups in total. The predicted molar refractivity (Wildman–Crippen MR) is 134 cm³/mol. The van der Waals surface area contributed by atoms with E-state index in [9.17, 15) is 27.6 Å². The molecule has 10 heteroatoms. The first kappa shape index (κ1) is 25.2. The molecule has 0 unspecified atom stereocenters. The van der Waals surface area contributed by atoms with Crippen LogP contribution >= 0.6 is 0 Å². The van der Waals surface area contributed by atoms with E-state index < -0.39 is 34.6 Å². The molecule has 0 saturated carbocycles. The second-order valence-corrected chi connectivity index (χ2v) is 7.97. The fourth-order valence-electron chi connectivity index (χ4n) is 3.86. The number of nitrogens with two attached hydrogens (primary N) is 1. The Kier molecular flexibility index (Phi) is 6.80. The minimum absolute atomic E-state index is 0.241. The number of H-pyrrole nitrogens is 1. The fraction of sp³-hybridized carbons (Fsp3) is 0.0741. The van der Waals surface area contributed by atoms with Crippen LogP contribution in [0.3, 0.4) is 0 Å². The number of aliphatic imine (C=N–C) groups is 1. The van der Waals surface area contributed by atoms with Crippen molar-refractivity contribution >= 4 is 34.4 Å². The van der Waals surface area contributed by atoms with E-state index in [0.717, 1.165) is 12.1 Å². The number of nitrogens with zero attached hydrogens (tertiary/aromatic N) is 2. The van der Waals surface area contributed by atoms with Gasteiger partial charge in [-0.15, -0.1) is 0 Å². The number of alkyl halides is 3. The monoisotopic (exact) mass is 505 g/mol. The predicted octanol–water partition coefficient (Wildman–Crippen LogP) is 6.12. The van der Waals surface area contributed by atoms with E-state index in [0.29, 0.717) is 27.7 Å². The van der Waals surface area contributed by atoms with E-state index in [1.807, 2.05) is 6.07 Å². The molecule has 3 aromatic carbocycles. The van der Waals surface area contributed by atoms with Gasteiger partial charge >= 0.3 is 6.18 Å². The quantitative estimate of drug-likeness (QED) is 0.225. The first-order valence-electron chi connectivity index (χ1n) is 10.9. The summed E-state index contributed by atoms with van der Waals surface area (Å²) in [5.74, 6) is -2.37. The van der Waals surface area contributed by atoms with Crippen LogP contribution in [0.1, 0.15) is 27.0 Å². The molecule has 4 aromatic rings. The average molecular weight is 505 g/mol. The maximum Gasteiger partial charge on any atom is 0.417 e. The lowest BCUT2D eigenvalue weighted by Gasteiger charge is -2.16. The average Bonchev–Trinajstić information content (AvgIpc) is 3.24. The number of halogens is 4. The largest absolute Gasteiger partial charge is 0.417 e.